The molecule has 0 radical (unpaired) electrons. The van der Waals surface area contributed by atoms with Gasteiger partial charge >= 0.3 is 0 Å². The van der Waals surface area contributed by atoms with Crippen molar-refractivity contribution in [3.8, 4) is 22.3 Å². The minimum absolute atomic E-state index is 0.0305. The quantitative estimate of drug-likeness (QED) is 0.160. The second-order valence-electron chi connectivity index (χ2n) is 12.0. The van der Waals surface area contributed by atoms with Crippen molar-refractivity contribution >= 4 is 15.9 Å². The van der Waals surface area contributed by atoms with Gasteiger partial charge in [0.1, 0.15) is 0 Å². The summed E-state index contributed by atoms with van der Waals surface area (Å²) in [6.07, 6.45) is 9.60. The smallest absolute Gasteiger partial charge is 0.251 e. The van der Waals surface area contributed by atoms with E-state index in [1.807, 2.05) is 103 Å². The lowest BCUT2D eigenvalue weighted by Crippen LogP contribution is -2.30. The van der Waals surface area contributed by atoms with Gasteiger partial charge in [-0.2, -0.15) is 4.31 Å². The SMILES string of the molecule is O=C(NCC1CCCCC1)c1ccc(-c2ccc(CN(Cc3cccnc3)S(=O)(=O)c3ccc(-c4ccccc4)cc3)cc2)cc1. The number of aromatic nitrogens is 1. The van der Waals surface area contributed by atoms with Gasteiger partial charge < -0.3 is 5.32 Å². The maximum absolute atomic E-state index is 14.0. The molecule has 6 nitrogen and oxygen atoms in total. The van der Waals surface area contributed by atoms with Crippen LogP contribution in [0.4, 0.5) is 0 Å². The van der Waals surface area contributed by atoms with E-state index in [0.717, 1.165) is 39.9 Å². The summed E-state index contributed by atoms with van der Waals surface area (Å²) in [4.78, 5) is 17.1. The highest BCUT2D eigenvalue weighted by molar-refractivity contribution is 7.89. The van der Waals surface area contributed by atoms with Crippen LogP contribution in [-0.4, -0.2) is 30.2 Å². The van der Waals surface area contributed by atoms with Gasteiger partial charge in [-0.3, -0.25) is 9.78 Å². The van der Waals surface area contributed by atoms with Gasteiger partial charge in [-0.1, -0.05) is 104 Å². The molecule has 1 N–H and O–H groups in total. The third-order valence-electron chi connectivity index (χ3n) is 8.75. The molecule has 0 saturated heterocycles. The number of sulfonamides is 1. The van der Waals surface area contributed by atoms with Crippen LogP contribution in [0.2, 0.25) is 0 Å². The predicted octanol–water partition coefficient (Wildman–Crippen LogP) is 8.12. The van der Waals surface area contributed by atoms with Crippen LogP contribution in [0.5, 0.6) is 0 Å². The Morgan fingerprint density at radius 1 is 0.674 bits per heavy atom. The number of rotatable bonds is 11. The second kappa shape index (κ2) is 14.7. The van der Waals surface area contributed by atoms with E-state index in [-0.39, 0.29) is 23.9 Å². The van der Waals surface area contributed by atoms with Crippen molar-refractivity contribution in [3.05, 3.63) is 144 Å². The number of pyridine rings is 1. The van der Waals surface area contributed by atoms with Crippen LogP contribution in [0.1, 0.15) is 53.6 Å². The van der Waals surface area contributed by atoms with E-state index in [1.54, 1.807) is 24.5 Å². The number of nitrogens with zero attached hydrogens (tertiary/aromatic N) is 2. The summed E-state index contributed by atoms with van der Waals surface area (Å²) in [5.74, 6) is 0.558. The summed E-state index contributed by atoms with van der Waals surface area (Å²) >= 11 is 0. The Hall–Kier alpha value is -4.59. The van der Waals surface area contributed by atoms with Crippen LogP contribution in [0.25, 0.3) is 22.3 Å². The first-order chi connectivity index (χ1) is 22.5. The highest BCUT2D eigenvalue weighted by Gasteiger charge is 2.25. The van der Waals surface area contributed by atoms with Crippen molar-refractivity contribution < 1.29 is 13.2 Å². The standard InChI is InChI=1S/C39H39N3O3S/c43-39(41-27-30-8-3-1-4-9-30)37-19-17-35(18-20-37)34-15-13-31(14-16-34)28-42(29-32-10-7-25-40-26-32)46(44,45)38-23-21-36(22-24-38)33-11-5-2-6-12-33/h2,5-7,10-26,30H,1,3-4,8-9,27-29H2,(H,41,43). The first-order valence-electron chi connectivity index (χ1n) is 16.0. The summed E-state index contributed by atoms with van der Waals surface area (Å²) in [6.45, 7) is 1.15. The molecule has 0 unspecified atom stereocenters. The number of hydrogen-bond donors (Lipinski definition) is 1. The zero-order chi connectivity index (χ0) is 31.8. The molecule has 234 valence electrons. The minimum Gasteiger partial charge on any atom is -0.352 e. The Balaban J connectivity index is 1.16. The summed E-state index contributed by atoms with van der Waals surface area (Å²) in [6, 6.07) is 36.2. The largest absolute Gasteiger partial charge is 0.352 e. The van der Waals surface area contributed by atoms with Crippen molar-refractivity contribution in [3.63, 3.8) is 0 Å². The molecule has 46 heavy (non-hydrogen) atoms. The van der Waals surface area contributed by atoms with Gasteiger partial charge in [-0.05, 0) is 82.5 Å². The molecule has 6 rings (SSSR count). The highest BCUT2D eigenvalue weighted by atomic mass is 32.2. The molecular formula is C39H39N3O3S. The monoisotopic (exact) mass is 629 g/mol. The Bertz CT molecular complexity index is 1820. The summed E-state index contributed by atoms with van der Waals surface area (Å²) < 4.78 is 29.4. The second-order valence-corrected chi connectivity index (χ2v) is 14.0. The van der Waals surface area contributed by atoms with E-state index in [9.17, 15) is 13.2 Å². The molecule has 0 spiro atoms. The molecular weight excluding hydrogens is 591 g/mol. The molecule has 1 amide bonds. The van der Waals surface area contributed by atoms with Gasteiger partial charge in [0.05, 0.1) is 4.90 Å². The number of amides is 1. The predicted molar refractivity (Wildman–Crippen MR) is 183 cm³/mol. The maximum Gasteiger partial charge on any atom is 0.251 e. The molecule has 1 saturated carbocycles. The van der Waals surface area contributed by atoms with Crippen LogP contribution in [-0.2, 0) is 23.1 Å². The van der Waals surface area contributed by atoms with Gasteiger partial charge in [0.2, 0.25) is 10.0 Å². The van der Waals surface area contributed by atoms with Gasteiger partial charge in [0.25, 0.3) is 5.91 Å². The number of hydrogen-bond acceptors (Lipinski definition) is 4. The fraction of sp³-hybridized carbons (Fsp3) is 0.231. The number of carbonyl (C=O) groups is 1. The summed E-state index contributed by atoms with van der Waals surface area (Å²) in [5, 5.41) is 3.11. The molecule has 0 bridgehead atoms. The van der Waals surface area contributed by atoms with E-state index < -0.39 is 10.0 Å². The van der Waals surface area contributed by atoms with Crippen LogP contribution < -0.4 is 5.32 Å². The topological polar surface area (TPSA) is 79.4 Å². The number of nitrogens with one attached hydrogen (secondary N) is 1. The van der Waals surface area contributed by atoms with Crippen LogP contribution in [0.3, 0.4) is 0 Å². The summed E-state index contributed by atoms with van der Waals surface area (Å²) in [5.41, 5.74) is 6.32. The Morgan fingerprint density at radius 2 is 1.26 bits per heavy atom. The van der Waals surface area contributed by atoms with Gasteiger partial charge in [-0.25, -0.2) is 8.42 Å². The molecule has 4 aromatic carbocycles. The van der Waals surface area contributed by atoms with Gasteiger partial charge in [0.15, 0.2) is 0 Å². The van der Waals surface area contributed by atoms with Gasteiger partial charge in [-0.15, -0.1) is 0 Å². The molecule has 0 atom stereocenters. The summed E-state index contributed by atoms with van der Waals surface area (Å²) in [7, 11) is -3.82. The maximum atomic E-state index is 14.0. The normalized spacial score (nSPS) is 13.8. The molecule has 1 heterocycles. The van der Waals surface area contributed by atoms with E-state index >= 15 is 0 Å². The van der Waals surface area contributed by atoms with E-state index in [4.69, 9.17) is 0 Å². The van der Waals surface area contributed by atoms with E-state index in [1.165, 1.54) is 36.4 Å². The molecule has 1 aliphatic carbocycles. The number of benzene rings is 4. The molecule has 7 heteroatoms. The van der Waals surface area contributed by atoms with Crippen LogP contribution >= 0.6 is 0 Å². The lowest BCUT2D eigenvalue weighted by molar-refractivity contribution is 0.0943. The third-order valence-corrected chi connectivity index (χ3v) is 10.6. The van der Waals surface area contributed by atoms with Crippen LogP contribution in [0, 0.1) is 5.92 Å². The van der Waals surface area contributed by atoms with E-state index in [2.05, 4.69) is 10.3 Å². The highest BCUT2D eigenvalue weighted by Crippen LogP contribution is 2.27. The Labute approximate surface area is 272 Å². The van der Waals surface area contributed by atoms with Gasteiger partial charge in [0, 0.05) is 37.6 Å². The van der Waals surface area contributed by atoms with Crippen molar-refractivity contribution in [1.82, 2.24) is 14.6 Å². The average Bonchev–Trinajstić information content (AvgIpc) is 3.12. The fourth-order valence-electron chi connectivity index (χ4n) is 6.07. The Morgan fingerprint density at radius 3 is 1.89 bits per heavy atom. The van der Waals surface area contributed by atoms with Crippen molar-refractivity contribution in [2.45, 2.75) is 50.1 Å². The molecule has 1 aromatic heterocycles. The molecule has 5 aromatic rings. The third kappa shape index (κ3) is 7.79. The molecule has 1 aliphatic rings. The minimum atomic E-state index is -3.82. The van der Waals surface area contributed by atoms with Crippen molar-refractivity contribution in [2.24, 2.45) is 5.92 Å². The fourth-order valence-corrected chi connectivity index (χ4v) is 7.49. The Kier molecular flexibility index (Phi) is 10.0. The first kappa shape index (κ1) is 31.4. The lowest BCUT2D eigenvalue weighted by Gasteiger charge is -2.23. The molecule has 1 fully saturated rings. The zero-order valence-electron chi connectivity index (χ0n) is 25.9. The van der Waals surface area contributed by atoms with Crippen molar-refractivity contribution in [1.29, 1.82) is 0 Å². The first-order valence-corrected chi connectivity index (χ1v) is 17.4. The average molecular weight is 630 g/mol. The van der Waals surface area contributed by atoms with E-state index in [0.29, 0.717) is 11.5 Å². The lowest BCUT2D eigenvalue weighted by atomic mass is 9.89. The van der Waals surface area contributed by atoms with Crippen molar-refractivity contribution in [2.75, 3.05) is 6.54 Å². The number of carbonyl (C=O) groups excluding carboxylic acids is 1. The van der Waals surface area contributed by atoms with Crippen LogP contribution in [0.15, 0.2) is 133 Å². The molecule has 0 aliphatic heterocycles. The zero-order valence-corrected chi connectivity index (χ0v) is 26.7.